The fourth-order valence-corrected chi connectivity index (χ4v) is 2.56. The first-order valence-electron chi connectivity index (χ1n) is 7.80. The van der Waals surface area contributed by atoms with Gasteiger partial charge in [-0.2, -0.15) is 0 Å². The van der Waals surface area contributed by atoms with Gasteiger partial charge in [0.15, 0.2) is 11.5 Å². The number of hydrogen-bond acceptors (Lipinski definition) is 4. The van der Waals surface area contributed by atoms with Crippen LogP contribution >= 0.6 is 0 Å². The Hall–Kier alpha value is -1.55. The molecule has 0 bridgehead atoms. The second-order valence-corrected chi connectivity index (χ2v) is 5.63. The summed E-state index contributed by atoms with van der Waals surface area (Å²) in [6.45, 7) is 8.70. The Labute approximate surface area is 127 Å². The van der Waals surface area contributed by atoms with Gasteiger partial charge in [0, 0.05) is 12.1 Å². The molecule has 4 heteroatoms. The summed E-state index contributed by atoms with van der Waals surface area (Å²) in [4.78, 5) is 13.3. The van der Waals surface area contributed by atoms with Crippen LogP contribution in [0.1, 0.15) is 37.0 Å². The number of benzene rings is 1. The van der Waals surface area contributed by atoms with Crippen molar-refractivity contribution in [2.45, 2.75) is 26.7 Å². The van der Waals surface area contributed by atoms with E-state index in [0.717, 1.165) is 31.8 Å². The average molecular weight is 291 g/mol. The molecule has 1 aromatic rings. The molecule has 0 amide bonds. The van der Waals surface area contributed by atoms with Crippen LogP contribution < -0.4 is 9.47 Å². The Bertz CT molecular complexity index is 453. The summed E-state index contributed by atoms with van der Waals surface area (Å²) in [6, 6.07) is 5.30. The fraction of sp³-hybridized carbons (Fsp3) is 0.588. The van der Waals surface area contributed by atoms with Gasteiger partial charge in [-0.05, 0) is 57.0 Å². The van der Waals surface area contributed by atoms with Crippen molar-refractivity contribution in [1.29, 1.82) is 0 Å². The van der Waals surface area contributed by atoms with E-state index in [0.29, 0.717) is 30.3 Å². The van der Waals surface area contributed by atoms with Crippen molar-refractivity contribution in [3.8, 4) is 11.5 Å². The van der Waals surface area contributed by atoms with Crippen molar-refractivity contribution in [2.75, 3.05) is 32.8 Å². The molecule has 1 fully saturated rings. The highest BCUT2D eigenvalue weighted by atomic mass is 16.5. The minimum absolute atomic E-state index is 0.558. The second-order valence-electron chi connectivity index (χ2n) is 5.63. The maximum atomic E-state index is 10.8. The average Bonchev–Trinajstić information content (AvgIpc) is 2.51. The zero-order chi connectivity index (χ0) is 15.1. The number of rotatable bonds is 7. The highest BCUT2D eigenvalue weighted by molar-refractivity contribution is 5.76. The number of hydrogen-bond donors (Lipinski definition) is 0. The van der Waals surface area contributed by atoms with Crippen molar-refractivity contribution in [1.82, 2.24) is 4.90 Å². The second kappa shape index (κ2) is 8.03. The predicted molar refractivity (Wildman–Crippen MR) is 83.3 cm³/mol. The van der Waals surface area contributed by atoms with Crippen LogP contribution in [0.2, 0.25) is 0 Å². The van der Waals surface area contributed by atoms with Crippen LogP contribution in [-0.2, 0) is 0 Å². The summed E-state index contributed by atoms with van der Waals surface area (Å²) in [7, 11) is 0. The van der Waals surface area contributed by atoms with E-state index < -0.39 is 0 Å². The third kappa shape index (κ3) is 4.74. The topological polar surface area (TPSA) is 38.8 Å². The highest BCUT2D eigenvalue weighted by Gasteiger charge is 2.15. The number of aldehydes is 1. The number of piperidine rings is 1. The van der Waals surface area contributed by atoms with Crippen molar-refractivity contribution >= 4 is 6.29 Å². The molecule has 21 heavy (non-hydrogen) atoms. The van der Waals surface area contributed by atoms with E-state index in [4.69, 9.17) is 9.47 Å². The van der Waals surface area contributed by atoms with Crippen LogP contribution in [-0.4, -0.2) is 44.0 Å². The molecule has 0 radical (unpaired) electrons. The smallest absolute Gasteiger partial charge is 0.161 e. The minimum atomic E-state index is 0.558. The molecule has 0 aromatic heterocycles. The van der Waals surface area contributed by atoms with Crippen LogP contribution in [0, 0.1) is 5.92 Å². The standard InChI is InChI=1S/C17H25NO3/c1-3-20-17-12-15(13-19)4-5-16(17)21-11-10-18-8-6-14(2)7-9-18/h4-5,12-14H,3,6-11H2,1-2H3. The molecule has 0 N–H and O–H groups in total. The molecule has 0 saturated carbocycles. The molecule has 1 aliphatic heterocycles. The number of likely N-dealkylation sites (tertiary alicyclic amines) is 1. The lowest BCUT2D eigenvalue weighted by molar-refractivity contribution is 0.112. The molecule has 0 atom stereocenters. The lowest BCUT2D eigenvalue weighted by atomic mass is 9.99. The van der Waals surface area contributed by atoms with Crippen LogP contribution in [0.3, 0.4) is 0 Å². The molecule has 116 valence electrons. The zero-order valence-electron chi connectivity index (χ0n) is 13.0. The molecule has 4 nitrogen and oxygen atoms in total. The van der Waals surface area contributed by atoms with Crippen LogP contribution in [0.5, 0.6) is 11.5 Å². The molecule has 1 saturated heterocycles. The van der Waals surface area contributed by atoms with Gasteiger partial charge in [0.25, 0.3) is 0 Å². The van der Waals surface area contributed by atoms with Crippen molar-refractivity contribution in [2.24, 2.45) is 5.92 Å². The number of ether oxygens (including phenoxy) is 2. The van der Waals surface area contributed by atoms with E-state index in [2.05, 4.69) is 11.8 Å². The van der Waals surface area contributed by atoms with E-state index in [1.165, 1.54) is 12.8 Å². The largest absolute Gasteiger partial charge is 0.490 e. The molecule has 1 aromatic carbocycles. The number of nitrogens with zero attached hydrogens (tertiary/aromatic N) is 1. The Balaban J connectivity index is 1.85. The summed E-state index contributed by atoms with van der Waals surface area (Å²) in [5.74, 6) is 2.21. The lowest BCUT2D eigenvalue weighted by Crippen LogP contribution is -2.35. The van der Waals surface area contributed by atoms with E-state index in [-0.39, 0.29) is 0 Å². The molecular weight excluding hydrogens is 266 g/mol. The SMILES string of the molecule is CCOc1cc(C=O)ccc1OCCN1CCC(C)CC1. The van der Waals surface area contributed by atoms with Crippen LogP contribution in [0.25, 0.3) is 0 Å². The first-order valence-corrected chi connectivity index (χ1v) is 7.80. The van der Waals surface area contributed by atoms with Crippen molar-refractivity contribution in [3.63, 3.8) is 0 Å². The fourth-order valence-electron chi connectivity index (χ4n) is 2.56. The molecular formula is C17H25NO3. The van der Waals surface area contributed by atoms with Crippen LogP contribution in [0.4, 0.5) is 0 Å². The van der Waals surface area contributed by atoms with Gasteiger partial charge in [0.05, 0.1) is 6.61 Å². The first-order chi connectivity index (χ1) is 10.2. The Kier molecular flexibility index (Phi) is 6.05. The Morgan fingerprint density at radius 2 is 2.00 bits per heavy atom. The number of carbonyl (C=O) groups is 1. The first kappa shape index (κ1) is 15.8. The summed E-state index contributed by atoms with van der Waals surface area (Å²) in [6.07, 6.45) is 3.37. The van der Waals surface area contributed by atoms with Crippen molar-refractivity contribution < 1.29 is 14.3 Å². The molecule has 0 spiro atoms. The van der Waals surface area contributed by atoms with Crippen LogP contribution in [0.15, 0.2) is 18.2 Å². The Morgan fingerprint density at radius 3 is 2.67 bits per heavy atom. The highest BCUT2D eigenvalue weighted by Crippen LogP contribution is 2.28. The third-order valence-electron chi connectivity index (χ3n) is 3.95. The van der Waals surface area contributed by atoms with E-state index in [1.807, 2.05) is 13.0 Å². The third-order valence-corrected chi connectivity index (χ3v) is 3.95. The van der Waals surface area contributed by atoms with Gasteiger partial charge in [-0.1, -0.05) is 6.92 Å². The maximum Gasteiger partial charge on any atom is 0.161 e. The van der Waals surface area contributed by atoms with Gasteiger partial charge >= 0.3 is 0 Å². The predicted octanol–water partition coefficient (Wildman–Crippen LogP) is 3.01. The number of carbonyl (C=O) groups excluding carboxylic acids is 1. The summed E-state index contributed by atoms with van der Waals surface area (Å²) in [5, 5.41) is 0. The van der Waals surface area contributed by atoms with Crippen molar-refractivity contribution in [3.05, 3.63) is 23.8 Å². The van der Waals surface area contributed by atoms with E-state index in [1.54, 1.807) is 12.1 Å². The zero-order valence-corrected chi connectivity index (χ0v) is 13.0. The minimum Gasteiger partial charge on any atom is -0.490 e. The van der Waals surface area contributed by atoms with Gasteiger partial charge in [-0.15, -0.1) is 0 Å². The summed E-state index contributed by atoms with van der Waals surface area (Å²) >= 11 is 0. The van der Waals surface area contributed by atoms with Gasteiger partial charge in [-0.3, -0.25) is 9.69 Å². The summed E-state index contributed by atoms with van der Waals surface area (Å²) in [5.41, 5.74) is 0.607. The normalized spacial score (nSPS) is 16.7. The molecule has 1 aliphatic rings. The monoisotopic (exact) mass is 291 g/mol. The molecule has 2 rings (SSSR count). The van der Waals surface area contributed by atoms with Gasteiger partial charge in [-0.25, -0.2) is 0 Å². The molecule has 0 aliphatic carbocycles. The lowest BCUT2D eigenvalue weighted by Gasteiger charge is -2.30. The van der Waals surface area contributed by atoms with Gasteiger partial charge < -0.3 is 9.47 Å². The van der Waals surface area contributed by atoms with Gasteiger partial charge in [0.1, 0.15) is 12.9 Å². The van der Waals surface area contributed by atoms with Gasteiger partial charge in [0.2, 0.25) is 0 Å². The molecule has 1 heterocycles. The molecule has 0 unspecified atom stereocenters. The maximum absolute atomic E-state index is 10.8. The Morgan fingerprint density at radius 1 is 1.24 bits per heavy atom. The quantitative estimate of drug-likeness (QED) is 0.724. The van der Waals surface area contributed by atoms with E-state index >= 15 is 0 Å². The van der Waals surface area contributed by atoms with E-state index in [9.17, 15) is 4.79 Å². The summed E-state index contributed by atoms with van der Waals surface area (Å²) < 4.78 is 11.4.